The molecule has 0 aliphatic heterocycles. The molecule has 0 bridgehead atoms. The summed E-state index contributed by atoms with van der Waals surface area (Å²) >= 11 is 0. The number of carbonyl (C=O) groups is 2. The van der Waals surface area contributed by atoms with Crippen LogP contribution in [0.1, 0.15) is 13.3 Å². The van der Waals surface area contributed by atoms with Crippen molar-refractivity contribution in [2.24, 2.45) is 5.73 Å². The van der Waals surface area contributed by atoms with Gasteiger partial charge < -0.3 is 20.5 Å². The molecule has 0 fully saturated rings. The molecule has 0 aliphatic rings. The maximum absolute atomic E-state index is 11.0. The molecule has 3 N–H and O–H groups in total. The fraction of sp³-hybridized carbons (Fsp3) is 0.750. The molecule has 0 rings (SSSR count). The van der Waals surface area contributed by atoms with Gasteiger partial charge in [-0.15, -0.1) is 0 Å². The predicted octanol–water partition coefficient (Wildman–Crippen LogP) is -0.377. The Morgan fingerprint density at radius 2 is 2.14 bits per heavy atom. The summed E-state index contributed by atoms with van der Waals surface area (Å²) in [6, 6.07) is -0.702. The van der Waals surface area contributed by atoms with Gasteiger partial charge in [-0.25, -0.2) is 4.79 Å². The van der Waals surface area contributed by atoms with Crippen LogP contribution in [0.15, 0.2) is 0 Å². The minimum Gasteiger partial charge on any atom is -0.465 e. The second-order valence-corrected chi connectivity index (χ2v) is 2.57. The number of alkyl carbamates (subject to hydrolysis) is 1. The molecule has 14 heavy (non-hydrogen) atoms. The van der Waals surface area contributed by atoms with E-state index in [1.54, 1.807) is 6.92 Å². The average molecular weight is 204 g/mol. The van der Waals surface area contributed by atoms with Crippen molar-refractivity contribution < 1.29 is 19.1 Å². The maximum atomic E-state index is 11.0. The number of hydrogen-bond acceptors (Lipinski definition) is 5. The third kappa shape index (κ3) is 5.36. The largest absolute Gasteiger partial charge is 0.465 e. The van der Waals surface area contributed by atoms with Gasteiger partial charge in [-0.2, -0.15) is 0 Å². The van der Waals surface area contributed by atoms with E-state index in [2.05, 4.69) is 14.8 Å². The molecule has 0 saturated carbocycles. The summed E-state index contributed by atoms with van der Waals surface area (Å²) < 4.78 is 9.01. The van der Waals surface area contributed by atoms with Crippen molar-refractivity contribution in [2.45, 2.75) is 19.4 Å². The Morgan fingerprint density at radius 3 is 2.64 bits per heavy atom. The smallest absolute Gasteiger partial charge is 0.406 e. The highest BCUT2D eigenvalue weighted by Crippen LogP contribution is 1.91. The van der Waals surface area contributed by atoms with Crippen molar-refractivity contribution >= 4 is 12.1 Å². The van der Waals surface area contributed by atoms with Crippen LogP contribution in [0.5, 0.6) is 0 Å². The topological polar surface area (TPSA) is 90.6 Å². The molecule has 0 aromatic carbocycles. The van der Waals surface area contributed by atoms with Gasteiger partial charge in [0.05, 0.1) is 13.7 Å². The molecule has 0 heterocycles. The zero-order chi connectivity index (χ0) is 11.0. The van der Waals surface area contributed by atoms with Crippen LogP contribution >= 0.6 is 0 Å². The van der Waals surface area contributed by atoms with Crippen molar-refractivity contribution in [3.8, 4) is 0 Å². The Bertz CT molecular complexity index is 196. The highest BCUT2D eigenvalue weighted by Gasteiger charge is 2.14. The molecule has 1 atom stereocenters. The lowest BCUT2D eigenvalue weighted by molar-refractivity contribution is -0.144. The van der Waals surface area contributed by atoms with Gasteiger partial charge in [0.2, 0.25) is 0 Å². The quantitative estimate of drug-likeness (QED) is 0.596. The second kappa shape index (κ2) is 7.14. The summed E-state index contributed by atoms with van der Waals surface area (Å²) in [5.74, 6) is -0.459. The van der Waals surface area contributed by atoms with Crippen molar-refractivity contribution in [2.75, 3.05) is 20.3 Å². The van der Waals surface area contributed by atoms with Crippen LogP contribution in [0.4, 0.5) is 4.79 Å². The van der Waals surface area contributed by atoms with E-state index in [0.717, 1.165) is 0 Å². The Balaban J connectivity index is 3.58. The SMILES string of the molecule is CCOC(=O)[C@@H](N)CCNC(=O)OC. The highest BCUT2D eigenvalue weighted by molar-refractivity contribution is 5.75. The molecule has 0 saturated heterocycles. The maximum Gasteiger partial charge on any atom is 0.406 e. The second-order valence-electron chi connectivity index (χ2n) is 2.57. The highest BCUT2D eigenvalue weighted by atomic mass is 16.5. The van der Waals surface area contributed by atoms with Crippen molar-refractivity contribution in [3.05, 3.63) is 0 Å². The Labute approximate surface area is 82.7 Å². The fourth-order valence-electron chi connectivity index (χ4n) is 0.769. The number of esters is 1. The lowest BCUT2D eigenvalue weighted by Gasteiger charge is -2.10. The van der Waals surface area contributed by atoms with E-state index in [-0.39, 0.29) is 6.54 Å². The number of nitrogens with one attached hydrogen (secondary N) is 1. The molecule has 6 nitrogen and oxygen atoms in total. The van der Waals surface area contributed by atoms with Crippen LogP contribution in [-0.2, 0) is 14.3 Å². The first-order valence-corrected chi connectivity index (χ1v) is 4.35. The molecule has 1 amide bonds. The fourth-order valence-corrected chi connectivity index (χ4v) is 0.769. The van der Waals surface area contributed by atoms with Crippen molar-refractivity contribution in [1.29, 1.82) is 0 Å². The van der Waals surface area contributed by atoms with E-state index < -0.39 is 18.1 Å². The molecule has 6 heteroatoms. The van der Waals surface area contributed by atoms with Gasteiger partial charge in [-0.1, -0.05) is 0 Å². The van der Waals surface area contributed by atoms with Crippen LogP contribution in [-0.4, -0.2) is 38.4 Å². The monoisotopic (exact) mass is 204 g/mol. The van der Waals surface area contributed by atoms with E-state index in [1.807, 2.05) is 0 Å². The van der Waals surface area contributed by atoms with Gasteiger partial charge in [-0.3, -0.25) is 4.79 Å². The summed E-state index contributed by atoms with van der Waals surface area (Å²) in [4.78, 5) is 21.6. The summed E-state index contributed by atoms with van der Waals surface area (Å²) in [5.41, 5.74) is 5.46. The van der Waals surface area contributed by atoms with Crippen LogP contribution < -0.4 is 11.1 Å². The van der Waals surface area contributed by atoms with E-state index in [0.29, 0.717) is 13.0 Å². The van der Waals surface area contributed by atoms with Crippen molar-refractivity contribution in [3.63, 3.8) is 0 Å². The lowest BCUT2D eigenvalue weighted by atomic mass is 10.2. The molecule has 0 spiro atoms. The van der Waals surface area contributed by atoms with Crippen LogP contribution in [0.3, 0.4) is 0 Å². The van der Waals surface area contributed by atoms with Gasteiger partial charge in [0.15, 0.2) is 0 Å². The molecule has 0 unspecified atom stereocenters. The number of carbonyl (C=O) groups excluding carboxylic acids is 2. The minimum atomic E-state index is -0.702. The van der Waals surface area contributed by atoms with Gasteiger partial charge >= 0.3 is 12.1 Å². The summed E-state index contributed by atoms with van der Waals surface area (Å²) in [5, 5.41) is 2.41. The molecule has 0 aromatic heterocycles. The lowest BCUT2D eigenvalue weighted by Crippen LogP contribution is -2.36. The first-order valence-electron chi connectivity index (χ1n) is 4.35. The van der Waals surface area contributed by atoms with Crippen LogP contribution in [0.2, 0.25) is 0 Å². The van der Waals surface area contributed by atoms with E-state index in [9.17, 15) is 9.59 Å². The van der Waals surface area contributed by atoms with Crippen LogP contribution in [0.25, 0.3) is 0 Å². The van der Waals surface area contributed by atoms with E-state index in [4.69, 9.17) is 5.73 Å². The summed E-state index contributed by atoms with van der Waals surface area (Å²) in [6.07, 6.45) is -0.213. The molecule has 0 aromatic rings. The third-order valence-corrected chi connectivity index (χ3v) is 1.50. The number of ether oxygens (including phenoxy) is 2. The van der Waals surface area contributed by atoms with Gasteiger partial charge in [0.25, 0.3) is 0 Å². The Kier molecular flexibility index (Phi) is 6.47. The minimum absolute atomic E-state index is 0.284. The first-order chi connectivity index (χ1) is 6.61. The first kappa shape index (κ1) is 12.7. The number of nitrogens with two attached hydrogens (primary N) is 1. The number of hydrogen-bond donors (Lipinski definition) is 2. The number of rotatable bonds is 5. The predicted molar refractivity (Wildman–Crippen MR) is 49.6 cm³/mol. The van der Waals surface area contributed by atoms with Crippen molar-refractivity contribution in [1.82, 2.24) is 5.32 Å². The van der Waals surface area contributed by atoms with Gasteiger partial charge in [0.1, 0.15) is 6.04 Å². The Hall–Kier alpha value is -1.30. The molecule has 82 valence electrons. The Morgan fingerprint density at radius 1 is 1.50 bits per heavy atom. The number of amides is 1. The number of methoxy groups -OCH3 is 1. The van der Waals surface area contributed by atoms with Gasteiger partial charge in [0, 0.05) is 6.54 Å². The molecule has 0 radical (unpaired) electrons. The zero-order valence-corrected chi connectivity index (χ0v) is 8.41. The average Bonchev–Trinajstić information content (AvgIpc) is 2.17. The molecule has 0 aliphatic carbocycles. The van der Waals surface area contributed by atoms with Gasteiger partial charge in [-0.05, 0) is 13.3 Å². The van der Waals surface area contributed by atoms with E-state index >= 15 is 0 Å². The third-order valence-electron chi connectivity index (χ3n) is 1.50. The zero-order valence-electron chi connectivity index (χ0n) is 8.41. The van der Waals surface area contributed by atoms with Crippen LogP contribution in [0, 0.1) is 0 Å². The van der Waals surface area contributed by atoms with E-state index in [1.165, 1.54) is 7.11 Å². The molecular formula is C8H16N2O4. The summed E-state index contributed by atoms with van der Waals surface area (Å²) in [7, 11) is 1.26. The normalized spacial score (nSPS) is 11.6. The molecular weight excluding hydrogens is 188 g/mol. The summed E-state index contributed by atoms with van der Waals surface area (Å²) in [6.45, 7) is 2.29. The standard InChI is InChI=1S/C8H16N2O4/c1-3-14-7(11)6(9)4-5-10-8(12)13-2/h6H,3-5,9H2,1-2H3,(H,10,12)/t6-/m0/s1.